The standard InChI is InChI=1S/C21H19F5N2O/c1-14(18-12-17(22)8-9-19(18)23)28(2)13-20(29)27-10-4-6-15-5-3-7-16(11-15)21(24,25)26/h3,5,7-9,11-12,14H,10,13H2,1-2H3,(H,27,29). The number of nitrogens with one attached hydrogen (secondary N) is 1. The zero-order valence-electron chi connectivity index (χ0n) is 15.8. The van der Waals surface area contributed by atoms with Crippen LogP contribution in [0.15, 0.2) is 42.5 Å². The van der Waals surface area contributed by atoms with Gasteiger partial charge in [-0.3, -0.25) is 9.69 Å². The van der Waals surface area contributed by atoms with Crippen molar-refractivity contribution in [1.29, 1.82) is 0 Å². The monoisotopic (exact) mass is 410 g/mol. The van der Waals surface area contributed by atoms with Crippen molar-refractivity contribution >= 4 is 5.91 Å². The van der Waals surface area contributed by atoms with Crippen molar-refractivity contribution in [2.45, 2.75) is 19.1 Å². The Morgan fingerprint density at radius 2 is 1.90 bits per heavy atom. The molecule has 2 aromatic carbocycles. The minimum atomic E-state index is -4.45. The van der Waals surface area contributed by atoms with Gasteiger partial charge in [-0.05, 0) is 50.4 Å². The third kappa shape index (κ3) is 6.57. The van der Waals surface area contributed by atoms with E-state index in [0.717, 1.165) is 30.3 Å². The molecule has 2 aromatic rings. The van der Waals surface area contributed by atoms with Gasteiger partial charge in [0.1, 0.15) is 11.6 Å². The summed E-state index contributed by atoms with van der Waals surface area (Å²) in [6, 6.07) is 7.14. The number of carbonyl (C=O) groups is 1. The number of benzene rings is 2. The summed E-state index contributed by atoms with van der Waals surface area (Å²) in [5.74, 6) is 3.59. The average molecular weight is 410 g/mol. The Balaban J connectivity index is 1.89. The lowest BCUT2D eigenvalue weighted by atomic mass is 10.1. The summed E-state index contributed by atoms with van der Waals surface area (Å²) in [5, 5.41) is 2.52. The number of hydrogen-bond donors (Lipinski definition) is 1. The van der Waals surface area contributed by atoms with Crippen LogP contribution in [0, 0.1) is 23.5 Å². The van der Waals surface area contributed by atoms with Crippen LogP contribution < -0.4 is 5.32 Å². The van der Waals surface area contributed by atoms with E-state index in [-0.39, 0.29) is 24.2 Å². The maximum absolute atomic E-state index is 13.8. The van der Waals surface area contributed by atoms with E-state index in [1.54, 1.807) is 14.0 Å². The molecular formula is C21H19F5N2O. The van der Waals surface area contributed by atoms with E-state index >= 15 is 0 Å². The summed E-state index contributed by atoms with van der Waals surface area (Å²) < 4.78 is 65.2. The molecule has 1 amide bonds. The molecule has 1 N–H and O–H groups in total. The molecule has 29 heavy (non-hydrogen) atoms. The number of likely N-dealkylation sites (N-methyl/N-ethyl adjacent to an activating group) is 1. The highest BCUT2D eigenvalue weighted by Gasteiger charge is 2.30. The number of nitrogens with zero attached hydrogens (tertiary/aromatic N) is 1. The Kier molecular flexibility index (Phi) is 7.35. The topological polar surface area (TPSA) is 32.3 Å². The van der Waals surface area contributed by atoms with E-state index in [1.165, 1.54) is 17.0 Å². The molecule has 0 heterocycles. The summed E-state index contributed by atoms with van der Waals surface area (Å²) in [5.41, 5.74) is -0.487. The number of carbonyl (C=O) groups excluding carboxylic acids is 1. The smallest absolute Gasteiger partial charge is 0.344 e. The Hall–Kier alpha value is -2.92. The SMILES string of the molecule is CC(c1cc(F)ccc1F)N(C)CC(=O)NCC#Cc1cccc(C(F)(F)F)c1. The lowest BCUT2D eigenvalue weighted by Crippen LogP contribution is -2.36. The quantitative estimate of drug-likeness (QED) is 0.594. The fraction of sp³-hybridized carbons (Fsp3) is 0.286. The number of hydrogen-bond acceptors (Lipinski definition) is 2. The molecule has 0 saturated carbocycles. The van der Waals surface area contributed by atoms with Crippen LogP contribution in [0.2, 0.25) is 0 Å². The highest BCUT2D eigenvalue weighted by atomic mass is 19.4. The molecule has 1 atom stereocenters. The lowest BCUT2D eigenvalue weighted by molar-refractivity contribution is -0.137. The second-order valence-electron chi connectivity index (χ2n) is 6.41. The molecule has 0 saturated heterocycles. The maximum atomic E-state index is 13.8. The molecule has 0 bridgehead atoms. The van der Waals surface area contributed by atoms with E-state index in [2.05, 4.69) is 17.2 Å². The van der Waals surface area contributed by atoms with Crippen LogP contribution >= 0.6 is 0 Å². The van der Waals surface area contributed by atoms with Crippen molar-refractivity contribution in [3.05, 3.63) is 70.8 Å². The van der Waals surface area contributed by atoms with Crippen molar-refractivity contribution in [3.8, 4) is 11.8 Å². The van der Waals surface area contributed by atoms with Gasteiger partial charge in [0, 0.05) is 17.2 Å². The third-order valence-corrected chi connectivity index (χ3v) is 4.26. The van der Waals surface area contributed by atoms with Gasteiger partial charge in [-0.1, -0.05) is 17.9 Å². The second kappa shape index (κ2) is 9.52. The average Bonchev–Trinajstić information content (AvgIpc) is 2.66. The summed E-state index contributed by atoms with van der Waals surface area (Å²) >= 11 is 0. The number of amides is 1. The Morgan fingerprint density at radius 3 is 2.59 bits per heavy atom. The van der Waals surface area contributed by atoms with Crippen molar-refractivity contribution in [2.75, 3.05) is 20.1 Å². The van der Waals surface area contributed by atoms with Crippen LogP contribution in [0.25, 0.3) is 0 Å². The molecular weight excluding hydrogens is 391 g/mol. The van der Waals surface area contributed by atoms with Crippen LogP contribution in [0.3, 0.4) is 0 Å². The molecule has 2 rings (SSSR count). The van der Waals surface area contributed by atoms with Gasteiger partial charge < -0.3 is 5.32 Å². The van der Waals surface area contributed by atoms with Gasteiger partial charge in [0.15, 0.2) is 0 Å². The molecule has 0 fully saturated rings. The van der Waals surface area contributed by atoms with E-state index in [4.69, 9.17) is 0 Å². The summed E-state index contributed by atoms with van der Waals surface area (Å²) in [4.78, 5) is 13.5. The van der Waals surface area contributed by atoms with Crippen LogP contribution in [-0.2, 0) is 11.0 Å². The molecule has 0 aliphatic heterocycles. The van der Waals surface area contributed by atoms with Crippen LogP contribution in [-0.4, -0.2) is 30.9 Å². The minimum Gasteiger partial charge on any atom is -0.344 e. The zero-order chi connectivity index (χ0) is 21.6. The number of alkyl halides is 3. The predicted octanol–water partition coefficient (Wildman–Crippen LogP) is 4.14. The highest BCUT2D eigenvalue weighted by molar-refractivity contribution is 5.78. The van der Waals surface area contributed by atoms with Gasteiger partial charge in [0.25, 0.3) is 0 Å². The first-order valence-corrected chi connectivity index (χ1v) is 8.66. The molecule has 0 aromatic heterocycles. The fourth-order valence-corrected chi connectivity index (χ4v) is 2.55. The van der Waals surface area contributed by atoms with Gasteiger partial charge in [-0.15, -0.1) is 0 Å². The number of halogens is 5. The third-order valence-electron chi connectivity index (χ3n) is 4.26. The van der Waals surface area contributed by atoms with Gasteiger partial charge in [0.2, 0.25) is 5.91 Å². The lowest BCUT2D eigenvalue weighted by Gasteiger charge is -2.24. The molecule has 0 aliphatic rings. The molecule has 0 aliphatic carbocycles. The van der Waals surface area contributed by atoms with E-state index in [0.29, 0.717) is 0 Å². The first kappa shape index (κ1) is 22.4. The Morgan fingerprint density at radius 1 is 1.17 bits per heavy atom. The molecule has 8 heteroatoms. The zero-order valence-corrected chi connectivity index (χ0v) is 15.8. The molecule has 0 spiro atoms. The number of rotatable bonds is 5. The van der Waals surface area contributed by atoms with Crippen LogP contribution in [0.4, 0.5) is 22.0 Å². The van der Waals surface area contributed by atoms with Gasteiger partial charge in [-0.25, -0.2) is 8.78 Å². The van der Waals surface area contributed by atoms with E-state index < -0.39 is 35.3 Å². The molecule has 0 radical (unpaired) electrons. The molecule has 1 unspecified atom stereocenters. The Bertz CT molecular complexity index is 931. The van der Waals surface area contributed by atoms with E-state index in [9.17, 15) is 26.7 Å². The maximum Gasteiger partial charge on any atom is 0.416 e. The first-order chi connectivity index (χ1) is 13.6. The van der Waals surface area contributed by atoms with Crippen LogP contribution in [0.5, 0.6) is 0 Å². The van der Waals surface area contributed by atoms with Gasteiger partial charge >= 0.3 is 6.18 Å². The normalized spacial score (nSPS) is 12.3. The van der Waals surface area contributed by atoms with Crippen molar-refractivity contribution in [2.24, 2.45) is 0 Å². The van der Waals surface area contributed by atoms with Crippen molar-refractivity contribution < 1.29 is 26.7 Å². The van der Waals surface area contributed by atoms with Gasteiger partial charge in [0.05, 0.1) is 18.7 Å². The van der Waals surface area contributed by atoms with Crippen molar-refractivity contribution in [1.82, 2.24) is 10.2 Å². The summed E-state index contributed by atoms with van der Waals surface area (Å²) in [6.07, 6.45) is -4.45. The second-order valence-corrected chi connectivity index (χ2v) is 6.41. The summed E-state index contributed by atoms with van der Waals surface area (Å²) in [7, 11) is 1.59. The largest absolute Gasteiger partial charge is 0.416 e. The molecule has 3 nitrogen and oxygen atoms in total. The predicted molar refractivity (Wildman–Crippen MR) is 98.7 cm³/mol. The highest BCUT2D eigenvalue weighted by Crippen LogP contribution is 2.29. The van der Waals surface area contributed by atoms with E-state index in [1.807, 2.05) is 0 Å². The first-order valence-electron chi connectivity index (χ1n) is 8.66. The molecule has 154 valence electrons. The minimum absolute atomic E-state index is 0.0639. The van der Waals surface area contributed by atoms with Crippen molar-refractivity contribution in [3.63, 3.8) is 0 Å². The fourth-order valence-electron chi connectivity index (χ4n) is 2.55. The Labute approximate surface area is 165 Å². The summed E-state index contributed by atoms with van der Waals surface area (Å²) in [6.45, 7) is 1.48. The van der Waals surface area contributed by atoms with Crippen LogP contribution in [0.1, 0.15) is 29.7 Å². The van der Waals surface area contributed by atoms with Gasteiger partial charge in [-0.2, -0.15) is 13.2 Å².